The zero-order valence-corrected chi connectivity index (χ0v) is 14.7. The summed E-state index contributed by atoms with van der Waals surface area (Å²) in [6, 6.07) is 0. The van der Waals surface area contributed by atoms with Gasteiger partial charge in [-0.3, -0.25) is 19.2 Å². The summed E-state index contributed by atoms with van der Waals surface area (Å²) in [4.78, 5) is 45.1. The normalized spacial score (nSPS) is 28.1. The number of hydrogen-bond acceptors (Lipinski definition) is 10. The van der Waals surface area contributed by atoms with Crippen molar-refractivity contribution in [1.29, 1.82) is 0 Å². The second-order valence-electron chi connectivity index (χ2n) is 5.36. The number of hydrogen-bond donors (Lipinski definition) is 0. The van der Waals surface area contributed by atoms with Gasteiger partial charge in [0, 0.05) is 34.8 Å². The van der Waals surface area contributed by atoms with Crippen molar-refractivity contribution >= 4 is 23.9 Å². The molecule has 0 radical (unpaired) electrons. The Morgan fingerprint density at radius 3 is 1.88 bits per heavy atom. The molecule has 25 heavy (non-hydrogen) atoms. The third-order valence-electron chi connectivity index (χ3n) is 3.32. The van der Waals surface area contributed by atoms with Crippen LogP contribution in [0.1, 0.15) is 27.7 Å². The van der Waals surface area contributed by atoms with Gasteiger partial charge in [-0.05, 0) is 0 Å². The number of carbonyl (C=O) groups is 4. The van der Waals surface area contributed by atoms with Crippen molar-refractivity contribution in [3.05, 3.63) is 0 Å². The van der Waals surface area contributed by atoms with Gasteiger partial charge in [0.05, 0.1) is 0 Å². The predicted octanol–water partition coefficient (Wildman–Crippen LogP) is -0.282. The predicted molar refractivity (Wildman–Crippen MR) is 79.0 cm³/mol. The van der Waals surface area contributed by atoms with Gasteiger partial charge >= 0.3 is 23.9 Å². The molecule has 0 aromatic rings. The number of methoxy groups -OCH3 is 1. The monoisotopic (exact) mass is 362 g/mol. The Morgan fingerprint density at radius 1 is 0.880 bits per heavy atom. The van der Waals surface area contributed by atoms with E-state index in [1.165, 1.54) is 21.0 Å². The fourth-order valence-corrected chi connectivity index (χ4v) is 2.37. The van der Waals surface area contributed by atoms with Crippen molar-refractivity contribution in [2.45, 2.75) is 51.8 Å². The highest BCUT2D eigenvalue weighted by molar-refractivity contribution is 5.68. The van der Waals surface area contributed by atoms with Crippen molar-refractivity contribution in [2.24, 2.45) is 0 Å². The van der Waals surface area contributed by atoms with Crippen LogP contribution in [0.25, 0.3) is 0 Å². The molecule has 1 saturated heterocycles. The fourth-order valence-electron chi connectivity index (χ4n) is 2.37. The van der Waals surface area contributed by atoms with E-state index in [9.17, 15) is 19.2 Å². The summed E-state index contributed by atoms with van der Waals surface area (Å²) >= 11 is 0. The van der Waals surface area contributed by atoms with Gasteiger partial charge in [0.1, 0.15) is 19.3 Å². The Balaban J connectivity index is 3.17. The standard InChI is InChI=1S/C15H22O10/c1-8(16)21-6-12-13(23-10(3)18)14(24-11(4)19)15(20-5,25-12)7-22-9(2)17/h12-14H,6-7H2,1-5H3/t12-,13+,14-,15-/m0/s1. The molecule has 0 aliphatic carbocycles. The van der Waals surface area contributed by atoms with Crippen LogP contribution in [0.3, 0.4) is 0 Å². The van der Waals surface area contributed by atoms with Crippen LogP contribution in [0.5, 0.6) is 0 Å². The van der Waals surface area contributed by atoms with Crippen LogP contribution >= 0.6 is 0 Å². The zero-order chi connectivity index (χ0) is 19.2. The maximum absolute atomic E-state index is 11.5. The van der Waals surface area contributed by atoms with Gasteiger partial charge in [-0.2, -0.15) is 0 Å². The quantitative estimate of drug-likeness (QED) is 0.441. The van der Waals surface area contributed by atoms with Gasteiger partial charge < -0.3 is 28.4 Å². The van der Waals surface area contributed by atoms with E-state index in [1.807, 2.05) is 0 Å². The lowest BCUT2D eigenvalue weighted by Crippen LogP contribution is -2.51. The van der Waals surface area contributed by atoms with E-state index in [4.69, 9.17) is 28.4 Å². The molecule has 0 amide bonds. The van der Waals surface area contributed by atoms with Crippen LogP contribution in [0.15, 0.2) is 0 Å². The Morgan fingerprint density at radius 2 is 1.44 bits per heavy atom. The molecule has 0 aromatic heterocycles. The molecule has 0 bridgehead atoms. The van der Waals surface area contributed by atoms with Gasteiger partial charge in [-0.1, -0.05) is 0 Å². The molecule has 0 saturated carbocycles. The molecule has 4 atom stereocenters. The highest BCUT2D eigenvalue weighted by Crippen LogP contribution is 2.37. The first kappa shape index (κ1) is 20.8. The summed E-state index contributed by atoms with van der Waals surface area (Å²) < 4.78 is 31.2. The minimum absolute atomic E-state index is 0.282. The van der Waals surface area contributed by atoms with E-state index < -0.39 is 54.6 Å². The molecule has 1 aliphatic rings. The largest absolute Gasteiger partial charge is 0.463 e. The van der Waals surface area contributed by atoms with E-state index in [2.05, 4.69) is 0 Å². The molecular formula is C15H22O10. The van der Waals surface area contributed by atoms with Gasteiger partial charge in [-0.25, -0.2) is 0 Å². The number of ether oxygens (including phenoxy) is 6. The van der Waals surface area contributed by atoms with E-state index >= 15 is 0 Å². The van der Waals surface area contributed by atoms with Crippen LogP contribution in [0.4, 0.5) is 0 Å². The van der Waals surface area contributed by atoms with Crippen molar-refractivity contribution < 1.29 is 47.6 Å². The maximum atomic E-state index is 11.5. The van der Waals surface area contributed by atoms with E-state index in [0.29, 0.717) is 0 Å². The van der Waals surface area contributed by atoms with Crippen LogP contribution in [0, 0.1) is 0 Å². The molecule has 1 rings (SSSR count). The third kappa shape index (κ3) is 5.68. The molecule has 1 heterocycles. The van der Waals surface area contributed by atoms with Crippen molar-refractivity contribution in [3.63, 3.8) is 0 Å². The lowest BCUT2D eigenvalue weighted by atomic mass is 10.0. The van der Waals surface area contributed by atoms with Gasteiger partial charge in [0.2, 0.25) is 5.79 Å². The summed E-state index contributed by atoms with van der Waals surface area (Å²) in [6.45, 7) is 3.98. The van der Waals surface area contributed by atoms with Crippen LogP contribution in [0.2, 0.25) is 0 Å². The zero-order valence-electron chi connectivity index (χ0n) is 14.7. The lowest BCUT2D eigenvalue weighted by molar-refractivity contribution is -0.270. The minimum Gasteiger partial charge on any atom is -0.463 e. The molecule has 1 fully saturated rings. The molecular weight excluding hydrogens is 340 g/mol. The second kappa shape index (κ2) is 8.77. The molecule has 10 heteroatoms. The summed E-state index contributed by atoms with van der Waals surface area (Å²) in [5.41, 5.74) is 0. The smallest absolute Gasteiger partial charge is 0.303 e. The van der Waals surface area contributed by atoms with Crippen molar-refractivity contribution in [1.82, 2.24) is 0 Å². The van der Waals surface area contributed by atoms with Gasteiger partial charge in [0.15, 0.2) is 12.2 Å². The average molecular weight is 362 g/mol. The summed E-state index contributed by atoms with van der Waals surface area (Å²) in [5.74, 6) is -4.28. The third-order valence-corrected chi connectivity index (χ3v) is 3.32. The first-order valence-corrected chi connectivity index (χ1v) is 7.45. The van der Waals surface area contributed by atoms with Crippen LogP contribution in [-0.4, -0.2) is 68.3 Å². The lowest BCUT2D eigenvalue weighted by Gasteiger charge is -2.32. The van der Waals surface area contributed by atoms with Crippen molar-refractivity contribution in [2.75, 3.05) is 20.3 Å². The topological polar surface area (TPSA) is 124 Å². The SMILES string of the molecule is CO[C@@]1(COC(C)=O)O[C@@H](COC(C)=O)[C@@H](OC(C)=O)[C@@H]1OC(C)=O. The van der Waals surface area contributed by atoms with Crippen LogP contribution < -0.4 is 0 Å². The highest BCUT2D eigenvalue weighted by Gasteiger charge is 2.61. The molecule has 1 aliphatic heterocycles. The van der Waals surface area contributed by atoms with Gasteiger partial charge in [0.25, 0.3) is 0 Å². The molecule has 0 N–H and O–H groups in total. The maximum Gasteiger partial charge on any atom is 0.303 e. The Hall–Kier alpha value is -2.20. The molecule has 0 spiro atoms. The summed E-state index contributed by atoms with van der Waals surface area (Å²) in [7, 11) is 1.25. The number of carbonyl (C=O) groups excluding carboxylic acids is 4. The Bertz CT molecular complexity index is 530. The molecule has 0 unspecified atom stereocenters. The highest BCUT2D eigenvalue weighted by atomic mass is 16.8. The van der Waals surface area contributed by atoms with E-state index in [1.54, 1.807) is 0 Å². The molecule has 10 nitrogen and oxygen atoms in total. The van der Waals surface area contributed by atoms with E-state index in [0.717, 1.165) is 13.8 Å². The second-order valence-corrected chi connectivity index (χ2v) is 5.36. The average Bonchev–Trinajstić information content (AvgIpc) is 2.76. The molecule has 0 aromatic carbocycles. The number of rotatable bonds is 7. The first-order valence-electron chi connectivity index (χ1n) is 7.45. The van der Waals surface area contributed by atoms with Gasteiger partial charge in [-0.15, -0.1) is 0 Å². The van der Waals surface area contributed by atoms with Crippen molar-refractivity contribution in [3.8, 4) is 0 Å². The summed E-state index contributed by atoms with van der Waals surface area (Å²) in [5, 5.41) is 0. The minimum atomic E-state index is -1.72. The van der Waals surface area contributed by atoms with Crippen LogP contribution in [-0.2, 0) is 47.6 Å². The first-order chi connectivity index (χ1) is 11.6. The Labute approximate surface area is 144 Å². The number of esters is 4. The summed E-state index contributed by atoms with van der Waals surface area (Å²) in [6.07, 6.45) is -3.36. The molecule has 142 valence electrons. The fraction of sp³-hybridized carbons (Fsp3) is 0.733. The Kier molecular flexibility index (Phi) is 7.31. The van der Waals surface area contributed by atoms with E-state index in [-0.39, 0.29) is 6.61 Å².